The third kappa shape index (κ3) is 5.51. The first-order valence-electron chi connectivity index (χ1n) is 13.6. The van der Waals surface area contributed by atoms with Gasteiger partial charge in [0.15, 0.2) is 0 Å². The molecule has 0 aromatic heterocycles. The molecule has 1 fully saturated rings. The van der Waals surface area contributed by atoms with Crippen molar-refractivity contribution < 1.29 is 9.84 Å². The topological polar surface area (TPSA) is 32.7 Å². The van der Waals surface area contributed by atoms with E-state index in [-0.39, 0.29) is 23.0 Å². The van der Waals surface area contributed by atoms with Gasteiger partial charge in [0.1, 0.15) is 0 Å². The maximum absolute atomic E-state index is 11.4. The average molecular weight is 454 g/mol. The number of hydrogen-bond acceptors (Lipinski definition) is 3. The number of fused-ring (bicyclic) bond motifs is 3. The Balaban J connectivity index is 1.51. The van der Waals surface area contributed by atoms with Crippen molar-refractivity contribution in [1.82, 2.24) is 4.90 Å². The van der Waals surface area contributed by atoms with Gasteiger partial charge in [-0.1, -0.05) is 76.3 Å². The molecule has 4 rings (SSSR count). The van der Waals surface area contributed by atoms with E-state index in [1.165, 1.54) is 31.3 Å². The first-order valence-corrected chi connectivity index (χ1v) is 13.6. The summed E-state index contributed by atoms with van der Waals surface area (Å²) in [5.41, 5.74) is 2.71. The second-order valence-corrected chi connectivity index (χ2v) is 12.2. The van der Waals surface area contributed by atoms with E-state index in [0.717, 1.165) is 45.3 Å². The lowest BCUT2D eigenvalue weighted by atomic mass is 9.61. The molecule has 2 heterocycles. The van der Waals surface area contributed by atoms with Gasteiger partial charge in [-0.2, -0.15) is 0 Å². The molecule has 0 spiro atoms. The summed E-state index contributed by atoms with van der Waals surface area (Å²) < 4.78 is 6.75. The Bertz CT molecular complexity index is 815. The molecule has 4 aliphatic rings. The van der Waals surface area contributed by atoms with E-state index in [9.17, 15) is 5.11 Å². The molecule has 4 atom stereocenters. The molecule has 33 heavy (non-hydrogen) atoms. The molecular weight excluding hydrogens is 406 g/mol. The molecule has 0 aromatic rings. The van der Waals surface area contributed by atoms with Crippen molar-refractivity contribution >= 4 is 0 Å². The first kappa shape index (κ1) is 24.8. The lowest BCUT2D eigenvalue weighted by Gasteiger charge is -2.54. The summed E-state index contributed by atoms with van der Waals surface area (Å²) in [6.07, 6.45) is 21.1. The van der Waals surface area contributed by atoms with Crippen molar-refractivity contribution in [3.63, 3.8) is 0 Å². The van der Waals surface area contributed by atoms with Gasteiger partial charge in [0.25, 0.3) is 0 Å². The lowest BCUT2D eigenvalue weighted by molar-refractivity contribution is -0.177. The van der Waals surface area contributed by atoms with Crippen LogP contribution >= 0.6 is 0 Å². The van der Waals surface area contributed by atoms with Gasteiger partial charge in [0, 0.05) is 25.6 Å². The molecule has 1 saturated heterocycles. The minimum absolute atomic E-state index is 0.0200. The molecule has 0 radical (unpaired) electrons. The summed E-state index contributed by atoms with van der Waals surface area (Å²) in [5, 5.41) is 11.4. The minimum atomic E-state index is -0.174. The second-order valence-electron chi connectivity index (χ2n) is 12.2. The SMILES string of the molecule is CCCCCCC(C)(C)C1=CC2OC(C)(C)[C@H]3CC=C(CN4CC=CCC4)CC3[C@@H]2C(O)=C1. The summed E-state index contributed by atoms with van der Waals surface area (Å²) in [7, 11) is 0. The highest BCUT2D eigenvalue weighted by molar-refractivity contribution is 5.36. The Labute approximate surface area is 202 Å². The smallest absolute Gasteiger partial charge is 0.0988 e. The zero-order valence-corrected chi connectivity index (χ0v) is 21.8. The van der Waals surface area contributed by atoms with E-state index >= 15 is 0 Å². The molecule has 2 unspecified atom stereocenters. The zero-order chi connectivity index (χ0) is 23.6. The number of aliphatic hydroxyl groups excluding tert-OH is 1. The molecule has 3 heteroatoms. The summed E-state index contributed by atoms with van der Waals surface area (Å²) >= 11 is 0. The number of hydrogen-bond donors (Lipinski definition) is 1. The van der Waals surface area contributed by atoms with Crippen molar-refractivity contribution in [1.29, 1.82) is 0 Å². The van der Waals surface area contributed by atoms with Crippen LogP contribution in [0.25, 0.3) is 0 Å². The Morgan fingerprint density at radius 3 is 2.73 bits per heavy atom. The van der Waals surface area contributed by atoms with Gasteiger partial charge in [0.05, 0.1) is 17.5 Å². The van der Waals surface area contributed by atoms with Crippen LogP contribution in [0.3, 0.4) is 0 Å². The maximum atomic E-state index is 11.4. The highest BCUT2D eigenvalue weighted by Gasteiger charge is 2.52. The number of allylic oxidation sites excluding steroid dienone is 3. The van der Waals surface area contributed by atoms with Crippen LogP contribution in [0.1, 0.15) is 86.0 Å². The van der Waals surface area contributed by atoms with Gasteiger partial charge >= 0.3 is 0 Å². The highest BCUT2D eigenvalue weighted by Crippen LogP contribution is 2.53. The Morgan fingerprint density at radius 2 is 2.00 bits per heavy atom. The van der Waals surface area contributed by atoms with Crippen molar-refractivity contribution in [2.45, 2.75) is 97.7 Å². The molecule has 2 aliphatic heterocycles. The Morgan fingerprint density at radius 1 is 1.18 bits per heavy atom. The van der Waals surface area contributed by atoms with Crippen molar-refractivity contribution in [2.24, 2.45) is 23.2 Å². The van der Waals surface area contributed by atoms with Crippen LogP contribution in [0.4, 0.5) is 0 Å². The highest BCUT2D eigenvalue weighted by atomic mass is 16.5. The van der Waals surface area contributed by atoms with Gasteiger partial charge in [-0.25, -0.2) is 0 Å². The summed E-state index contributed by atoms with van der Waals surface area (Å²) in [4.78, 5) is 2.56. The predicted octanol–water partition coefficient (Wildman–Crippen LogP) is 7.37. The normalized spacial score (nSPS) is 31.8. The van der Waals surface area contributed by atoms with Crippen molar-refractivity contribution in [2.75, 3.05) is 19.6 Å². The number of aliphatic hydroxyl groups is 1. The number of nitrogens with zero attached hydrogens (tertiary/aromatic N) is 1. The van der Waals surface area contributed by atoms with Crippen LogP contribution in [0.2, 0.25) is 0 Å². The van der Waals surface area contributed by atoms with Crippen LogP contribution in [0, 0.1) is 23.2 Å². The monoisotopic (exact) mass is 453 g/mol. The van der Waals surface area contributed by atoms with Gasteiger partial charge in [-0.05, 0) is 68.4 Å². The predicted molar refractivity (Wildman–Crippen MR) is 138 cm³/mol. The summed E-state index contributed by atoms with van der Waals surface area (Å²) in [6.45, 7) is 14.8. The van der Waals surface area contributed by atoms with Gasteiger partial charge < -0.3 is 9.84 Å². The fraction of sp³-hybridized carbons (Fsp3) is 0.733. The lowest BCUT2D eigenvalue weighted by Crippen LogP contribution is -2.55. The number of unbranched alkanes of at least 4 members (excludes halogenated alkanes) is 3. The van der Waals surface area contributed by atoms with Crippen LogP contribution in [0.15, 0.2) is 47.3 Å². The number of rotatable bonds is 8. The van der Waals surface area contributed by atoms with E-state index in [1.54, 1.807) is 5.57 Å². The van der Waals surface area contributed by atoms with Crippen LogP contribution in [-0.4, -0.2) is 41.3 Å². The van der Waals surface area contributed by atoms with E-state index < -0.39 is 0 Å². The number of ether oxygens (including phenoxy) is 1. The quantitative estimate of drug-likeness (QED) is 0.307. The Hall–Kier alpha value is -1.32. The van der Waals surface area contributed by atoms with Crippen molar-refractivity contribution in [3.8, 4) is 0 Å². The molecule has 0 bridgehead atoms. The minimum Gasteiger partial charge on any atom is -0.512 e. The molecule has 0 aromatic carbocycles. The first-order chi connectivity index (χ1) is 15.7. The Kier molecular flexibility index (Phi) is 7.60. The fourth-order valence-electron chi connectivity index (χ4n) is 6.74. The molecule has 184 valence electrons. The summed E-state index contributed by atoms with van der Waals surface area (Å²) in [6, 6.07) is 0. The molecular formula is C30H47NO2. The van der Waals surface area contributed by atoms with E-state index in [4.69, 9.17) is 4.74 Å². The van der Waals surface area contributed by atoms with E-state index in [2.05, 4.69) is 69.9 Å². The van der Waals surface area contributed by atoms with Crippen LogP contribution < -0.4 is 0 Å². The van der Waals surface area contributed by atoms with Gasteiger partial charge in [-0.3, -0.25) is 4.90 Å². The van der Waals surface area contributed by atoms with Crippen LogP contribution in [-0.2, 0) is 4.74 Å². The molecule has 3 nitrogen and oxygen atoms in total. The van der Waals surface area contributed by atoms with Crippen molar-refractivity contribution in [3.05, 3.63) is 47.3 Å². The fourth-order valence-corrected chi connectivity index (χ4v) is 6.74. The molecule has 0 saturated carbocycles. The average Bonchev–Trinajstić information content (AvgIpc) is 2.76. The maximum Gasteiger partial charge on any atom is 0.0988 e. The van der Waals surface area contributed by atoms with Crippen LogP contribution in [0.5, 0.6) is 0 Å². The standard InChI is InChI=1S/C30H47NO2/c1-6-7-8-10-15-29(2,3)23-19-26(32)28-24-18-22(21-31-16-11-9-12-17-31)13-14-25(24)30(4,5)33-27(28)20-23/h9,11,13,19-20,24-25,27-28,32H,6-8,10,12,14-18,21H2,1-5H3/t24?,25-,27?,28+/m0/s1. The second kappa shape index (κ2) is 10.1. The molecule has 2 aliphatic carbocycles. The zero-order valence-electron chi connectivity index (χ0n) is 21.8. The molecule has 1 N–H and O–H groups in total. The summed E-state index contributed by atoms with van der Waals surface area (Å²) in [5.74, 6) is 1.55. The van der Waals surface area contributed by atoms with E-state index in [0.29, 0.717) is 17.6 Å². The third-order valence-electron chi connectivity index (χ3n) is 8.82. The van der Waals surface area contributed by atoms with E-state index in [1.807, 2.05) is 0 Å². The third-order valence-corrected chi connectivity index (χ3v) is 8.82. The molecule has 0 amide bonds. The largest absolute Gasteiger partial charge is 0.512 e. The van der Waals surface area contributed by atoms with Gasteiger partial charge in [-0.15, -0.1) is 0 Å². The van der Waals surface area contributed by atoms with Gasteiger partial charge in [0.2, 0.25) is 0 Å².